The van der Waals surface area contributed by atoms with Crippen molar-refractivity contribution in [3.8, 4) is 0 Å². The van der Waals surface area contributed by atoms with Gasteiger partial charge in [0.2, 0.25) is 10.0 Å². The number of nitrogens with zero attached hydrogens (tertiary/aromatic N) is 2. The third kappa shape index (κ3) is 3.95. The fourth-order valence-corrected chi connectivity index (χ4v) is 4.46. The Morgan fingerprint density at radius 3 is 2.35 bits per heavy atom. The van der Waals surface area contributed by atoms with Crippen LogP contribution in [0.1, 0.15) is 30.0 Å². The van der Waals surface area contributed by atoms with Crippen molar-refractivity contribution in [3.05, 3.63) is 41.7 Å². The lowest BCUT2D eigenvalue weighted by Crippen LogP contribution is -2.48. The summed E-state index contributed by atoms with van der Waals surface area (Å²) >= 11 is 0. The van der Waals surface area contributed by atoms with Crippen LogP contribution in [-0.2, 0) is 14.8 Å². The van der Waals surface area contributed by atoms with E-state index in [0.29, 0.717) is 30.2 Å². The number of sulfonamides is 1. The van der Waals surface area contributed by atoms with Crippen molar-refractivity contribution in [2.45, 2.75) is 37.9 Å². The molecule has 2 atom stereocenters. The van der Waals surface area contributed by atoms with Gasteiger partial charge in [-0.15, -0.1) is 0 Å². The van der Waals surface area contributed by atoms with Gasteiger partial charge in [0.05, 0.1) is 17.1 Å². The molecule has 0 aliphatic carbocycles. The van der Waals surface area contributed by atoms with Gasteiger partial charge in [0.1, 0.15) is 5.76 Å². The number of hydrogen-bond acceptors (Lipinski definition) is 6. The number of nitrogens with one attached hydrogen (secondary N) is 1. The first-order chi connectivity index (χ1) is 12.3. The summed E-state index contributed by atoms with van der Waals surface area (Å²) in [5.74, 6) is 0.493. The van der Waals surface area contributed by atoms with Gasteiger partial charge >= 0.3 is 0 Å². The lowest BCUT2D eigenvalue weighted by atomic mass is 10.2. The second-order valence-electron chi connectivity index (χ2n) is 6.38. The second kappa shape index (κ2) is 7.18. The fourth-order valence-electron chi connectivity index (χ4n) is 2.87. The molecule has 2 aromatic rings. The highest BCUT2D eigenvalue weighted by Crippen LogP contribution is 2.21. The zero-order valence-corrected chi connectivity index (χ0v) is 15.6. The van der Waals surface area contributed by atoms with Crippen LogP contribution >= 0.6 is 0 Å². The van der Waals surface area contributed by atoms with Crippen LogP contribution in [0.5, 0.6) is 0 Å². The van der Waals surface area contributed by atoms with Gasteiger partial charge in [0.25, 0.3) is 5.91 Å². The number of morpholine rings is 1. The summed E-state index contributed by atoms with van der Waals surface area (Å²) in [6.07, 6.45) is -0.325. The minimum Gasteiger partial charge on any atom is -0.373 e. The van der Waals surface area contributed by atoms with Crippen LogP contribution in [0.3, 0.4) is 0 Å². The largest absolute Gasteiger partial charge is 0.373 e. The van der Waals surface area contributed by atoms with Crippen LogP contribution in [0.2, 0.25) is 0 Å². The maximum absolute atomic E-state index is 12.8. The summed E-state index contributed by atoms with van der Waals surface area (Å²) in [7, 11) is -3.63. The Morgan fingerprint density at radius 2 is 1.81 bits per heavy atom. The summed E-state index contributed by atoms with van der Waals surface area (Å²) in [5, 5.41) is 6.28. The minimum absolute atomic E-state index is 0.146. The Balaban J connectivity index is 1.75. The molecule has 1 aliphatic rings. The maximum Gasteiger partial charge on any atom is 0.256 e. The van der Waals surface area contributed by atoms with E-state index in [0.717, 1.165) is 0 Å². The van der Waals surface area contributed by atoms with Gasteiger partial charge in [0, 0.05) is 24.7 Å². The van der Waals surface area contributed by atoms with E-state index in [9.17, 15) is 13.2 Å². The number of benzene rings is 1. The van der Waals surface area contributed by atoms with Crippen LogP contribution in [0.15, 0.2) is 39.8 Å². The maximum atomic E-state index is 12.8. The molecule has 0 saturated carbocycles. The molecule has 140 valence electrons. The van der Waals surface area contributed by atoms with E-state index in [1.165, 1.54) is 28.6 Å². The molecule has 1 fully saturated rings. The van der Waals surface area contributed by atoms with E-state index in [1.807, 2.05) is 13.8 Å². The van der Waals surface area contributed by atoms with E-state index in [4.69, 9.17) is 9.26 Å². The number of hydrogen-bond donors (Lipinski definition) is 1. The van der Waals surface area contributed by atoms with Gasteiger partial charge < -0.3 is 14.6 Å². The summed E-state index contributed by atoms with van der Waals surface area (Å²) in [5.41, 5.74) is 0.327. The molecule has 1 saturated heterocycles. The summed E-state index contributed by atoms with van der Waals surface area (Å²) in [6, 6.07) is 7.41. The van der Waals surface area contributed by atoms with E-state index in [2.05, 4.69) is 10.5 Å². The second-order valence-corrected chi connectivity index (χ2v) is 8.32. The minimum atomic E-state index is -3.63. The first kappa shape index (κ1) is 18.6. The molecular weight excluding hydrogens is 358 g/mol. The van der Waals surface area contributed by atoms with Gasteiger partial charge in [-0.2, -0.15) is 4.31 Å². The Kier molecular flexibility index (Phi) is 5.12. The van der Waals surface area contributed by atoms with Gasteiger partial charge in [-0.05, 0) is 45.0 Å². The lowest BCUT2D eigenvalue weighted by Gasteiger charge is -2.34. The van der Waals surface area contributed by atoms with Gasteiger partial charge in [-0.25, -0.2) is 8.42 Å². The molecule has 3 rings (SSSR count). The first-order valence-electron chi connectivity index (χ1n) is 8.26. The molecule has 0 radical (unpaired) electrons. The normalized spacial score (nSPS) is 21.5. The molecule has 1 aromatic carbocycles. The predicted octanol–water partition coefficient (Wildman–Crippen LogP) is 2.03. The van der Waals surface area contributed by atoms with Crippen LogP contribution in [0, 0.1) is 6.92 Å². The van der Waals surface area contributed by atoms with Crippen LogP contribution in [0.25, 0.3) is 0 Å². The van der Waals surface area contributed by atoms with Crippen molar-refractivity contribution in [2.75, 3.05) is 18.4 Å². The van der Waals surface area contributed by atoms with Crippen LogP contribution < -0.4 is 5.32 Å². The molecule has 0 bridgehead atoms. The van der Waals surface area contributed by atoms with Gasteiger partial charge in [-0.1, -0.05) is 5.16 Å². The Labute approximate surface area is 152 Å². The molecule has 1 N–H and O–H groups in total. The summed E-state index contributed by atoms with van der Waals surface area (Å²) in [4.78, 5) is 12.3. The molecule has 0 spiro atoms. The van der Waals surface area contributed by atoms with Gasteiger partial charge in [-0.3, -0.25) is 4.79 Å². The standard InChI is InChI=1S/C17H21N3O5S/c1-11-8-16(19-25-11)18-17(21)14-4-6-15(7-5-14)26(22,23)20-9-12(2)24-13(3)10-20/h4-8,12-13H,9-10H2,1-3H3,(H,18,19,21). The molecule has 9 heteroatoms. The smallest absolute Gasteiger partial charge is 0.256 e. The number of carbonyl (C=O) groups is 1. The van der Waals surface area contributed by atoms with E-state index < -0.39 is 15.9 Å². The average Bonchev–Trinajstić information content (AvgIpc) is 2.99. The average molecular weight is 379 g/mol. The molecule has 1 aliphatic heterocycles. The predicted molar refractivity (Wildman–Crippen MR) is 94.4 cm³/mol. The van der Waals surface area contributed by atoms with Gasteiger partial charge in [0.15, 0.2) is 5.82 Å². The molecule has 1 aromatic heterocycles. The zero-order valence-electron chi connectivity index (χ0n) is 14.8. The quantitative estimate of drug-likeness (QED) is 0.872. The monoisotopic (exact) mass is 379 g/mol. The van der Waals surface area contributed by atoms with Crippen molar-refractivity contribution >= 4 is 21.7 Å². The Hall–Kier alpha value is -2.23. The van der Waals surface area contributed by atoms with Crippen molar-refractivity contribution in [1.82, 2.24) is 9.46 Å². The Bertz CT molecular complexity index is 881. The fraction of sp³-hybridized carbons (Fsp3) is 0.412. The molecule has 26 heavy (non-hydrogen) atoms. The van der Waals surface area contributed by atoms with Crippen molar-refractivity contribution in [3.63, 3.8) is 0 Å². The van der Waals surface area contributed by atoms with Crippen molar-refractivity contribution in [1.29, 1.82) is 0 Å². The number of carbonyl (C=O) groups excluding carboxylic acids is 1. The highest BCUT2D eigenvalue weighted by Gasteiger charge is 2.32. The molecule has 8 nitrogen and oxygen atoms in total. The molecular formula is C17H21N3O5S. The summed E-state index contributed by atoms with van der Waals surface area (Å²) in [6.45, 7) is 6.02. The zero-order chi connectivity index (χ0) is 18.9. The third-order valence-corrected chi connectivity index (χ3v) is 5.86. The Morgan fingerprint density at radius 1 is 1.19 bits per heavy atom. The molecule has 2 heterocycles. The number of aromatic nitrogens is 1. The number of ether oxygens (including phenoxy) is 1. The van der Waals surface area contributed by atoms with Crippen LogP contribution in [0.4, 0.5) is 5.82 Å². The lowest BCUT2D eigenvalue weighted by molar-refractivity contribution is -0.0440. The first-order valence-corrected chi connectivity index (χ1v) is 9.70. The van der Waals surface area contributed by atoms with Crippen LogP contribution in [-0.4, -0.2) is 49.1 Å². The number of anilines is 1. The van der Waals surface area contributed by atoms with E-state index >= 15 is 0 Å². The highest BCUT2D eigenvalue weighted by atomic mass is 32.2. The third-order valence-electron chi connectivity index (χ3n) is 4.01. The molecule has 1 amide bonds. The van der Waals surface area contributed by atoms with E-state index in [-0.39, 0.29) is 17.1 Å². The number of aryl methyl sites for hydroxylation is 1. The highest BCUT2D eigenvalue weighted by molar-refractivity contribution is 7.89. The SMILES string of the molecule is Cc1cc(NC(=O)c2ccc(S(=O)(=O)N3CC(C)OC(C)C3)cc2)no1. The van der Waals surface area contributed by atoms with E-state index in [1.54, 1.807) is 13.0 Å². The molecule has 2 unspecified atom stereocenters. The summed E-state index contributed by atoms with van der Waals surface area (Å²) < 4.78 is 37.5. The number of rotatable bonds is 4. The topological polar surface area (TPSA) is 102 Å². The van der Waals surface area contributed by atoms with Crippen molar-refractivity contribution < 1.29 is 22.5 Å². The number of amides is 1. The van der Waals surface area contributed by atoms with Crippen molar-refractivity contribution in [2.24, 2.45) is 0 Å².